The fourth-order valence-electron chi connectivity index (χ4n) is 2.16. The number of thioether (sulfide) groups is 1. The Morgan fingerprint density at radius 3 is 2.73 bits per heavy atom. The Morgan fingerprint density at radius 1 is 1.23 bits per heavy atom. The summed E-state index contributed by atoms with van der Waals surface area (Å²) in [5, 5.41) is 0.497. The van der Waals surface area contributed by atoms with Gasteiger partial charge in [-0.2, -0.15) is 0 Å². The fraction of sp³-hybridized carbons (Fsp3) is 0.312. The first-order valence-corrected chi connectivity index (χ1v) is 7.91. The van der Waals surface area contributed by atoms with E-state index in [0.29, 0.717) is 11.1 Å². The minimum atomic E-state index is -0.445. The third kappa shape index (κ3) is 3.57. The van der Waals surface area contributed by atoms with Crippen LogP contribution < -0.4 is 4.74 Å². The van der Waals surface area contributed by atoms with Crippen LogP contribution in [0, 0.1) is 0 Å². The van der Waals surface area contributed by atoms with Gasteiger partial charge in [0.05, 0.1) is 19.5 Å². The molecule has 0 saturated heterocycles. The van der Waals surface area contributed by atoms with Crippen LogP contribution in [0.4, 0.5) is 0 Å². The molecular formula is C16H16N2O3S. The van der Waals surface area contributed by atoms with Crippen molar-refractivity contribution in [2.24, 2.45) is 0 Å². The molecule has 0 radical (unpaired) electrons. The molecular weight excluding hydrogens is 300 g/mol. The molecule has 0 aliphatic heterocycles. The number of nitrogens with zero attached hydrogens (tertiary/aromatic N) is 2. The van der Waals surface area contributed by atoms with E-state index in [0.717, 1.165) is 12.8 Å². The Bertz CT molecular complexity index is 645. The summed E-state index contributed by atoms with van der Waals surface area (Å²) >= 11 is 1.82. The first kappa shape index (κ1) is 14.8. The first-order chi connectivity index (χ1) is 10.7. The molecule has 1 aliphatic rings. The molecule has 1 saturated carbocycles. The Labute approximate surface area is 133 Å². The summed E-state index contributed by atoms with van der Waals surface area (Å²) in [7, 11) is 1.48. The van der Waals surface area contributed by atoms with Gasteiger partial charge in [-0.15, -0.1) is 11.8 Å². The average Bonchev–Trinajstić information content (AvgIpc) is 2.53. The second kappa shape index (κ2) is 6.79. The lowest BCUT2D eigenvalue weighted by Crippen LogP contribution is -2.35. The highest BCUT2D eigenvalue weighted by atomic mass is 32.2. The summed E-state index contributed by atoms with van der Waals surface area (Å²) < 4.78 is 10.4. The number of benzene rings is 1. The third-order valence-corrected chi connectivity index (χ3v) is 4.66. The molecule has 1 aromatic carbocycles. The SMILES string of the molecule is COc1cncc(C(=O)OC2CC(Sc3ccccc3)C2)n1. The maximum atomic E-state index is 12.0. The van der Waals surface area contributed by atoms with E-state index in [-0.39, 0.29) is 11.8 Å². The molecule has 1 aromatic heterocycles. The van der Waals surface area contributed by atoms with Crippen LogP contribution in [0.2, 0.25) is 0 Å². The minimum Gasteiger partial charge on any atom is -0.480 e. The molecule has 2 aromatic rings. The van der Waals surface area contributed by atoms with Gasteiger partial charge in [-0.3, -0.25) is 4.98 Å². The lowest BCUT2D eigenvalue weighted by atomic mass is 9.95. The van der Waals surface area contributed by atoms with E-state index < -0.39 is 5.97 Å². The van der Waals surface area contributed by atoms with Gasteiger partial charge in [0, 0.05) is 10.1 Å². The Morgan fingerprint density at radius 2 is 2.00 bits per heavy atom. The standard InChI is InChI=1S/C16H16N2O3S/c1-20-15-10-17-9-14(18-15)16(19)21-11-7-13(8-11)22-12-5-3-2-4-6-12/h2-6,9-11,13H,7-8H2,1H3. The van der Waals surface area contributed by atoms with E-state index in [9.17, 15) is 4.79 Å². The van der Waals surface area contributed by atoms with E-state index in [4.69, 9.17) is 9.47 Å². The van der Waals surface area contributed by atoms with E-state index in [1.165, 1.54) is 24.4 Å². The molecule has 0 N–H and O–H groups in total. The molecule has 114 valence electrons. The summed E-state index contributed by atoms with van der Waals surface area (Å²) in [6.07, 6.45) is 4.53. The second-order valence-electron chi connectivity index (χ2n) is 5.00. The summed E-state index contributed by atoms with van der Waals surface area (Å²) in [6.45, 7) is 0. The van der Waals surface area contributed by atoms with Crippen molar-refractivity contribution in [3.05, 3.63) is 48.4 Å². The lowest BCUT2D eigenvalue weighted by molar-refractivity contribution is 0.0102. The van der Waals surface area contributed by atoms with Crippen LogP contribution in [0.5, 0.6) is 5.88 Å². The highest BCUT2D eigenvalue weighted by Crippen LogP contribution is 2.38. The van der Waals surface area contributed by atoms with Crippen LogP contribution in [-0.2, 0) is 4.74 Å². The topological polar surface area (TPSA) is 61.3 Å². The maximum Gasteiger partial charge on any atom is 0.358 e. The summed E-state index contributed by atoms with van der Waals surface area (Å²) in [4.78, 5) is 21.2. The first-order valence-electron chi connectivity index (χ1n) is 7.03. The van der Waals surface area contributed by atoms with Gasteiger partial charge in [0.25, 0.3) is 0 Å². The molecule has 1 heterocycles. The molecule has 22 heavy (non-hydrogen) atoms. The van der Waals surface area contributed by atoms with Gasteiger partial charge in [0.1, 0.15) is 6.10 Å². The second-order valence-corrected chi connectivity index (χ2v) is 6.37. The predicted molar refractivity (Wildman–Crippen MR) is 83.1 cm³/mol. The van der Waals surface area contributed by atoms with Crippen LogP contribution in [0.15, 0.2) is 47.6 Å². The number of hydrogen-bond donors (Lipinski definition) is 0. The van der Waals surface area contributed by atoms with Crippen molar-refractivity contribution in [2.45, 2.75) is 29.1 Å². The number of esters is 1. The summed E-state index contributed by atoms with van der Waals surface area (Å²) in [5.74, 6) is -0.139. The summed E-state index contributed by atoms with van der Waals surface area (Å²) in [5.41, 5.74) is 0.179. The van der Waals surface area contributed by atoms with Gasteiger partial charge in [-0.1, -0.05) is 18.2 Å². The molecule has 0 atom stereocenters. The van der Waals surface area contributed by atoms with Crippen LogP contribution in [0.25, 0.3) is 0 Å². The number of methoxy groups -OCH3 is 1. The largest absolute Gasteiger partial charge is 0.480 e. The van der Waals surface area contributed by atoms with E-state index in [1.54, 1.807) is 0 Å². The van der Waals surface area contributed by atoms with Crippen LogP contribution >= 0.6 is 11.8 Å². The van der Waals surface area contributed by atoms with E-state index in [2.05, 4.69) is 22.1 Å². The summed E-state index contributed by atoms with van der Waals surface area (Å²) in [6, 6.07) is 10.2. The monoisotopic (exact) mass is 316 g/mol. The van der Waals surface area contributed by atoms with Gasteiger partial charge in [0.15, 0.2) is 5.69 Å². The molecule has 0 unspecified atom stereocenters. The number of ether oxygens (including phenoxy) is 2. The highest BCUT2D eigenvalue weighted by Gasteiger charge is 2.33. The van der Waals surface area contributed by atoms with Crippen molar-refractivity contribution < 1.29 is 14.3 Å². The molecule has 1 fully saturated rings. The third-order valence-electron chi connectivity index (χ3n) is 3.40. The number of hydrogen-bond acceptors (Lipinski definition) is 6. The van der Waals surface area contributed by atoms with Crippen molar-refractivity contribution in [3.63, 3.8) is 0 Å². The number of carbonyl (C=O) groups excluding carboxylic acids is 1. The van der Waals surface area contributed by atoms with Gasteiger partial charge in [-0.25, -0.2) is 9.78 Å². The smallest absolute Gasteiger partial charge is 0.358 e. The predicted octanol–water partition coefficient (Wildman–Crippen LogP) is 2.97. The number of carbonyl (C=O) groups is 1. The van der Waals surface area contributed by atoms with Gasteiger partial charge >= 0.3 is 5.97 Å². The molecule has 1 aliphatic carbocycles. The van der Waals surface area contributed by atoms with Crippen molar-refractivity contribution >= 4 is 17.7 Å². The maximum absolute atomic E-state index is 12.0. The Kier molecular flexibility index (Phi) is 4.58. The van der Waals surface area contributed by atoms with Gasteiger partial charge in [0.2, 0.25) is 5.88 Å². The van der Waals surface area contributed by atoms with E-state index in [1.807, 2.05) is 30.0 Å². The van der Waals surface area contributed by atoms with Crippen LogP contribution in [0.1, 0.15) is 23.3 Å². The number of rotatable bonds is 5. The normalized spacial score (nSPS) is 20.0. The average molecular weight is 316 g/mol. The Hall–Kier alpha value is -2.08. The van der Waals surface area contributed by atoms with E-state index >= 15 is 0 Å². The van der Waals surface area contributed by atoms with Crippen LogP contribution in [0.3, 0.4) is 0 Å². The van der Waals surface area contributed by atoms with Crippen molar-refractivity contribution in [3.8, 4) is 5.88 Å². The minimum absolute atomic E-state index is 0.0401. The highest BCUT2D eigenvalue weighted by molar-refractivity contribution is 8.00. The van der Waals surface area contributed by atoms with Gasteiger partial charge in [-0.05, 0) is 25.0 Å². The zero-order chi connectivity index (χ0) is 15.4. The Balaban J connectivity index is 1.48. The lowest BCUT2D eigenvalue weighted by Gasteiger charge is -2.33. The molecule has 0 bridgehead atoms. The van der Waals surface area contributed by atoms with Gasteiger partial charge < -0.3 is 9.47 Å². The zero-order valence-electron chi connectivity index (χ0n) is 12.1. The quantitative estimate of drug-likeness (QED) is 0.790. The molecule has 5 nitrogen and oxygen atoms in total. The van der Waals surface area contributed by atoms with Crippen molar-refractivity contribution in [2.75, 3.05) is 7.11 Å². The molecule has 0 spiro atoms. The molecule has 6 heteroatoms. The zero-order valence-corrected chi connectivity index (χ0v) is 13.0. The molecule has 3 rings (SSSR count). The number of aromatic nitrogens is 2. The van der Waals surface area contributed by atoms with Crippen molar-refractivity contribution in [1.82, 2.24) is 9.97 Å². The van der Waals surface area contributed by atoms with Crippen LogP contribution in [-0.4, -0.2) is 34.4 Å². The molecule has 0 amide bonds. The fourth-order valence-corrected chi connectivity index (χ4v) is 3.48. The van der Waals surface area contributed by atoms with Crippen molar-refractivity contribution in [1.29, 1.82) is 0 Å².